The highest BCUT2D eigenvalue weighted by Gasteiger charge is 2.10. The van der Waals surface area contributed by atoms with E-state index in [1.165, 1.54) is 17.7 Å². The second kappa shape index (κ2) is 9.92. The van der Waals surface area contributed by atoms with Gasteiger partial charge in [0.1, 0.15) is 11.6 Å². The number of fused-ring (bicyclic) bond motifs is 1. The van der Waals surface area contributed by atoms with Crippen LogP contribution in [-0.2, 0) is 19.3 Å². The third kappa shape index (κ3) is 5.43. The molecule has 0 unspecified atom stereocenters. The normalized spacial score (nSPS) is 10.8. The molecule has 4 heteroatoms. The van der Waals surface area contributed by atoms with Crippen molar-refractivity contribution in [3.8, 4) is 11.8 Å². The minimum atomic E-state index is -0.961. The van der Waals surface area contributed by atoms with E-state index >= 15 is 0 Å². The molecule has 0 aliphatic heterocycles. The first kappa shape index (κ1) is 22.6. The van der Waals surface area contributed by atoms with Gasteiger partial charge in [0.2, 0.25) is 0 Å². The third-order valence-corrected chi connectivity index (χ3v) is 5.58. The fraction of sp³-hybridized carbons (Fsp3) is 0.172. The van der Waals surface area contributed by atoms with E-state index in [9.17, 15) is 17.6 Å². The largest absolute Gasteiger partial charge is 0.206 e. The zero-order chi connectivity index (χ0) is 23.4. The van der Waals surface area contributed by atoms with Crippen molar-refractivity contribution in [3.05, 3.63) is 118 Å². The highest BCUT2D eigenvalue weighted by atomic mass is 19.2. The van der Waals surface area contributed by atoms with Crippen LogP contribution in [0.4, 0.5) is 17.6 Å². The summed E-state index contributed by atoms with van der Waals surface area (Å²) in [6, 6.07) is 17.8. The van der Waals surface area contributed by atoms with Crippen LogP contribution in [0.25, 0.3) is 10.8 Å². The van der Waals surface area contributed by atoms with Crippen LogP contribution in [0.2, 0.25) is 0 Å². The molecule has 0 heterocycles. The first-order valence-corrected chi connectivity index (χ1v) is 10.9. The minimum Gasteiger partial charge on any atom is -0.206 e. The van der Waals surface area contributed by atoms with Gasteiger partial charge in [-0.15, -0.1) is 0 Å². The quantitative estimate of drug-likeness (QED) is 0.220. The second-order valence-corrected chi connectivity index (χ2v) is 8.08. The van der Waals surface area contributed by atoms with Crippen molar-refractivity contribution in [2.45, 2.75) is 32.6 Å². The fourth-order valence-electron chi connectivity index (χ4n) is 3.79. The molecule has 166 valence electrons. The van der Waals surface area contributed by atoms with Gasteiger partial charge < -0.3 is 0 Å². The van der Waals surface area contributed by atoms with E-state index in [0.29, 0.717) is 34.7 Å². The van der Waals surface area contributed by atoms with Crippen LogP contribution in [0, 0.1) is 35.1 Å². The van der Waals surface area contributed by atoms with Crippen LogP contribution in [0.1, 0.15) is 41.2 Å². The van der Waals surface area contributed by atoms with Gasteiger partial charge in [-0.3, -0.25) is 0 Å². The second-order valence-electron chi connectivity index (χ2n) is 8.08. The zero-order valence-corrected chi connectivity index (χ0v) is 18.2. The van der Waals surface area contributed by atoms with E-state index in [2.05, 4.69) is 43.0 Å². The molecule has 4 rings (SSSR count). The zero-order valence-electron chi connectivity index (χ0n) is 18.2. The van der Waals surface area contributed by atoms with Crippen LogP contribution in [0.15, 0.2) is 66.7 Å². The third-order valence-electron chi connectivity index (χ3n) is 5.58. The van der Waals surface area contributed by atoms with Gasteiger partial charge in [0, 0.05) is 5.56 Å². The van der Waals surface area contributed by atoms with E-state index < -0.39 is 23.3 Å². The monoisotopic (exact) mass is 446 g/mol. The smallest absolute Gasteiger partial charge is 0.159 e. The molecular formula is C29H22F4. The lowest BCUT2D eigenvalue weighted by molar-refractivity contribution is 0.511. The molecule has 0 saturated carbocycles. The molecular weight excluding hydrogens is 424 g/mol. The summed E-state index contributed by atoms with van der Waals surface area (Å²) in [6.07, 6.45) is 3.33. The topological polar surface area (TPSA) is 0 Å². The summed E-state index contributed by atoms with van der Waals surface area (Å²) >= 11 is 0. The van der Waals surface area contributed by atoms with Crippen molar-refractivity contribution in [3.63, 3.8) is 0 Å². The number of hydrogen-bond acceptors (Lipinski definition) is 0. The number of hydrogen-bond donors (Lipinski definition) is 0. The molecule has 0 atom stereocenters. The Balaban J connectivity index is 1.50. The Kier molecular flexibility index (Phi) is 6.79. The summed E-state index contributed by atoms with van der Waals surface area (Å²) in [5, 5.41) is 0.973. The Bertz CT molecular complexity index is 1340. The summed E-state index contributed by atoms with van der Waals surface area (Å²) in [7, 11) is 0. The summed E-state index contributed by atoms with van der Waals surface area (Å²) in [5.41, 5.74) is 3.10. The first-order chi connectivity index (χ1) is 15.9. The van der Waals surface area contributed by atoms with Crippen LogP contribution < -0.4 is 0 Å². The van der Waals surface area contributed by atoms with Gasteiger partial charge in [0.25, 0.3) is 0 Å². The maximum Gasteiger partial charge on any atom is 0.159 e. The predicted octanol–water partition coefficient (Wildman–Crippen LogP) is 7.53. The molecule has 0 aromatic heterocycles. The van der Waals surface area contributed by atoms with E-state index in [4.69, 9.17) is 0 Å². The Hall–Kier alpha value is -3.58. The highest BCUT2D eigenvalue weighted by molar-refractivity contribution is 5.84. The van der Waals surface area contributed by atoms with E-state index in [1.807, 2.05) is 0 Å². The molecule has 0 aliphatic carbocycles. The lowest BCUT2D eigenvalue weighted by Crippen LogP contribution is -1.98. The molecule has 4 aromatic rings. The van der Waals surface area contributed by atoms with Gasteiger partial charge in [-0.2, -0.15) is 0 Å². The molecule has 0 nitrogen and oxygen atoms in total. The van der Waals surface area contributed by atoms with Gasteiger partial charge in [0.05, 0.1) is 5.56 Å². The molecule has 0 fully saturated rings. The van der Waals surface area contributed by atoms with Crippen molar-refractivity contribution < 1.29 is 17.6 Å². The maximum absolute atomic E-state index is 14.6. The summed E-state index contributed by atoms with van der Waals surface area (Å²) in [4.78, 5) is 0. The average Bonchev–Trinajstić information content (AvgIpc) is 2.79. The summed E-state index contributed by atoms with van der Waals surface area (Å²) in [6.45, 7) is 2.14. The Morgan fingerprint density at radius 3 is 1.76 bits per heavy atom. The molecule has 0 saturated heterocycles. The number of aryl methyl sites for hydroxylation is 3. The SMILES string of the molecule is CCCc1ccc(CCc2cc(F)c(C#Cc3ccc4cc(F)c(F)cc4c3)c(F)c2)cc1. The molecule has 4 aromatic carbocycles. The van der Waals surface area contributed by atoms with Gasteiger partial charge in [-0.25, -0.2) is 17.6 Å². The van der Waals surface area contributed by atoms with Gasteiger partial charge >= 0.3 is 0 Å². The van der Waals surface area contributed by atoms with Crippen molar-refractivity contribution in [1.82, 2.24) is 0 Å². The van der Waals surface area contributed by atoms with Crippen LogP contribution >= 0.6 is 0 Å². The van der Waals surface area contributed by atoms with Crippen molar-refractivity contribution in [2.75, 3.05) is 0 Å². The number of halogens is 4. The molecule has 0 bridgehead atoms. The molecule has 33 heavy (non-hydrogen) atoms. The summed E-state index contributed by atoms with van der Waals surface area (Å²) < 4.78 is 56.0. The van der Waals surface area contributed by atoms with Crippen molar-refractivity contribution in [2.24, 2.45) is 0 Å². The summed E-state index contributed by atoms with van der Waals surface area (Å²) in [5.74, 6) is 1.93. The Labute approximate surface area is 190 Å². The molecule has 0 spiro atoms. The van der Waals surface area contributed by atoms with Crippen LogP contribution in [-0.4, -0.2) is 0 Å². The van der Waals surface area contributed by atoms with Gasteiger partial charge in [0.15, 0.2) is 11.6 Å². The molecule has 0 radical (unpaired) electrons. The molecule has 0 aliphatic rings. The lowest BCUT2D eigenvalue weighted by Gasteiger charge is -2.06. The van der Waals surface area contributed by atoms with Gasteiger partial charge in [-0.1, -0.05) is 55.5 Å². The number of benzene rings is 4. The van der Waals surface area contributed by atoms with E-state index in [0.717, 1.165) is 30.5 Å². The molecule has 0 N–H and O–H groups in total. The van der Waals surface area contributed by atoms with Crippen LogP contribution in [0.3, 0.4) is 0 Å². The average molecular weight is 446 g/mol. The van der Waals surface area contributed by atoms with Crippen LogP contribution in [0.5, 0.6) is 0 Å². The number of rotatable bonds is 5. The fourth-order valence-corrected chi connectivity index (χ4v) is 3.79. The molecule has 0 amide bonds. The van der Waals surface area contributed by atoms with E-state index in [-0.39, 0.29) is 5.56 Å². The highest BCUT2D eigenvalue weighted by Crippen LogP contribution is 2.21. The van der Waals surface area contributed by atoms with Gasteiger partial charge in [-0.05, 0) is 83.1 Å². The minimum absolute atomic E-state index is 0.312. The first-order valence-electron chi connectivity index (χ1n) is 10.9. The van der Waals surface area contributed by atoms with Crippen molar-refractivity contribution in [1.29, 1.82) is 0 Å². The Morgan fingerprint density at radius 1 is 0.545 bits per heavy atom. The van der Waals surface area contributed by atoms with E-state index in [1.54, 1.807) is 18.2 Å². The standard InChI is InChI=1S/C29H22F4/c1-2-3-19-4-6-20(7-5-19)8-9-22-15-26(30)25(27(31)16-22)13-11-21-10-12-23-17-28(32)29(33)18-24(23)14-21/h4-7,10,12,14-18H,2-3,8-9H2,1H3. The Morgan fingerprint density at radius 2 is 1.12 bits per heavy atom. The predicted molar refractivity (Wildman–Crippen MR) is 124 cm³/mol. The van der Waals surface area contributed by atoms with Crippen molar-refractivity contribution >= 4 is 10.8 Å². The maximum atomic E-state index is 14.6. The lowest BCUT2D eigenvalue weighted by atomic mass is 10.0.